The first-order valence-corrected chi connectivity index (χ1v) is 10.7. The fourth-order valence-corrected chi connectivity index (χ4v) is 4.36. The number of amides is 1. The van der Waals surface area contributed by atoms with Gasteiger partial charge in [0.1, 0.15) is 0 Å². The molecule has 0 N–H and O–H groups in total. The molecule has 1 aliphatic heterocycles. The van der Waals surface area contributed by atoms with E-state index < -0.39 is 0 Å². The lowest BCUT2D eigenvalue weighted by atomic mass is 10.1. The van der Waals surface area contributed by atoms with Gasteiger partial charge in [0.2, 0.25) is 5.91 Å². The smallest absolute Gasteiger partial charge is 0.233 e. The average molecular weight is 393 g/mol. The molecular formula is C22H24N4OS. The number of likely N-dealkylation sites (tertiary alicyclic amines) is 1. The summed E-state index contributed by atoms with van der Waals surface area (Å²) in [5, 5.41) is 9.63. The molecule has 3 aromatic rings. The van der Waals surface area contributed by atoms with Crippen molar-refractivity contribution >= 4 is 17.7 Å². The molecule has 1 aromatic heterocycles. The normalized spacial score (nSPS) is 14.2. The summed E-state index contributed by atoms with van der Waals surface area (Å²) < 4.78 is 2.04. The highest BCUT2D eigenvalue weighted by Crippen LogP contribution is 2.28. The maximum atomic E-state index is 12.6. The summed E-state index contributed by atoms with van der Waals surface area (Å²) in [4.78, 5) is 14.6. The van der Waals surface area contributed by atoms with Crippen LogP contribution in [-0.2, 0) is 4.79 Å². The second kappa shape index (κ2) is 8.61. The Morgan fingerprint density at radius 1 is 1.00 bits per heavy atom. The first kappa shape index (κ1) is 18.7. The minimum Gasteiger partial charge on any atom is -0.342 e. The third kappa shape index (κ3) is 4.12. The molecule has 1 saturated heterocycles. The summed E-state index contributed by atoms with van der Waals surface area (Å²) in [6, 6.07) is 18.3. The summed E-state index contributed by atoms with van der Waals surface area (Å²) in [6.45, 7) is 3.82. The van der Waals surface area contributed by atoms with Gasteiger partial charge >= 0.3 is 0 Å². The van der Waals surface area contributed by atoms with E-state index in [0.29, 0.717) is 5.75 Å². The number of para-hydroxylation sites is 1. The van der Waals surface area contributed by atoms with Gasteiger partial charge in [0.15, 0.2) is 11.0 Å². The molecule has 2 heterocycles. The van der Waals surface area contributed by atoms with Crippen molar-refractivity contribution in [3.63, 3.8) is 0 Å². The van der Waals surface area contributed by atoms with Gasteiger partial charge in [-0.1, -0.05) is 53.7 Å². The SMILES string of the molecule is Cc1cccc(-c2nnc(SCC(=O)N3CCCCC3)n2-c2ccccc2)c1. The fraction of sp³-hybridized carbons (Fsp3) is 0.318. The first-order valence-electron chi connectivity index (χ1n) is 9.71. The summed E-state index contributed by atoms with van der Waals surface area (Å²) in [7, 11) is 0. The molecule has 0 radical (unpaired) electrons. The predicted octanol–water partition coefficient (Wildman–Crippen LogP) is 4.35. The van der Waals surface area contributed by atoms with E-state index in [1.54, 1.807) is 0 Å². The molecule has 0 atom stereocenters. The largest absolute Gasteiger partial charge is 0.342 e. The summed E-state index contributed by atoms with van der Waals surface area (Å²) >= 11 is 1.46. The van der Waals surface area contributed by atoms with Gasteiger partial charge in [0, 0.05) is 24.3 Å². The topological polar surface area (TPSA) is 51.0 Å². The van der Waals surface area contributed by atoms with Gasteiger partial charge in [0.05, 0.1) is 5.75 Å². The van der Waals surface area contributed by atoms with Crippen LogP contribution in [0.2, 0.25) is 0 Å². The molecule has 1 amide bonds. The molecule has 0 spiro atoms. The number of aromatic nitrogens is 3. The number of thioether (sulfide) groups is 1. The quantitative estimate of drug-likeness (QED) is 0.606. The van der Waals surface area contributed by atoms with Crippen LogP contribution in [-0.4, -0.2) is 44.4 Å². The standard InChI is InChI=1S/C22H24N4OS/c1-17-9-8-10-18(15-17)21-23-24-22(26(21)19-11-4-2-5-12-19)28-16-20(27)25-13-6-3-7-14-25/h2,4-5,8-12,15H,3,6-7,13-14,16H2,1H3. The molecular weight excluding hydrogens is 368 g/mol. The maximum absolute atomic E-state index is 12.6. The van der Waals surface area contributed by atoms with Gasteiger partial charge in [-0.2, -0.15) is 0 Å². The van der Waals surface area contributed by atoms with Crippen LogP contribution in [0.1, 0.15) is 24.8 Å². The van der Waals surface area contributed by atoms with E-state index in [2.05, 4.69) is 29.3 Å². The molecule has 0 saturated carbocycles. The van der Waals surface area contributed by atoms with Crippen molar-refractivity contribution in [3.8, 4) is 17.1 Å². The van der Waals surface area contributed by atoms with Gasteiger partial charge in [-0.25, -0.2) is 0 Å². The number of hydrogen-bond donors (Lipinski definition) is 0. The van der Waals surface area contributed by atoms with E-state index in [0.717, 1.165) is 48.2 Å². The molecule has 144 valence electrons. The molecule has 4 rings (SSSR count). The Balaban J connectivity index is 1.63. The van der Waals surface area contributed by atoms with Crippen molar-refractivity contribution in [2.24, 2.45) is 0 Å². The monoisotopic (exact) mass is 392 g/mol. The Morgan fingerprint density at radius 2 is 1.79 bits per heavy atom. The third-order valence-electron chi connectivity index (χ3n) is 4.96. The average Bonchev–Trinajstić information content (AvgIpc) is 3.17. The minimum atomic E-state index is 0.185. The minimum absolute atomic E-state index is 0.185. The van der Waals surface area contributed by atoms with Crippen LogP contribution >= 0.6 is 11.8 Å². The van der Waals surface area contributed by atoms with Gasteiger partial charge in [-0.05, 0) is 44.4 Å². The Morgan fingerprint density at radius 3 is 2.54 bits per heavy atom. The highest BCUT2D eigenvalue weighted by Gasteiger charge is 2.20. The third-order valence-corrected chi connectivity index (χ3v) is 5.87. The number of rotatable bonds is 5. The van der Waals surface area contributed by atoms with Gasteiger partial charge in [0.25, 0.3) is 0 Å². The molecule has 0 bridgehead atoms. The number of benzene rings is 2. The van der Waals surface area contributed by atoms with Crippen molar-refractivity contribution < 1.29 is 4.79 Å². The number of hydrogen-bond acceptors (Lipinski definition) is 4. The Bertz CT molecular complexity index is 948. The van der Waals surface area contributed by atoms with Crippen LogP contribution < -0.4 is 0 Å². The lowest BCUT2D eigenvalue weighted by Crippen LogP contribution is -2.36. The van der Waals surface area contributed by atoms with Gasteiger partial charge in [-0.3, -0.25) is 9.36 Å². The number of piperidine rings is 1. The maximum Gasteiger partial charge on any atom is 0.233 e. The second-order valence-corrected chi connectivity index (χ2v) is 8.02. The van der Waals surface area contributed by atoms with E-state index in [1.807, 2.05) is 51.9 Å². The van der Waals surface area contributed by atoms with Crippen molar-refractivity contribution in [3.05, 3.63) is 60.2 Å². The zero-order valence-corrected chi connectivity index (χ0v) is 16.9. The lowest BCUT2D eigenvalue weighted by molar-refractivity contribution is -0.129. The second-order valence-electron chi connectivity index (χ2n) is 7.08. The first-order chi connectivity index (χ1) is 13.7. The van der Waals surface area contributed by atoms with Crippen LogP contribution in [0.15, 0.2) is 59.8 Å². The zero-order chi connectivity index (χ0) is 19.3. The Kier molecular flexibility index (Phi) is 5.76. The van der Waals surface area contributed by atoms with E-state index in [1.165, 1.54) is 23.7 Å². The molecule has 0 aliphatic carbocycles. The molecule has 2 aromatic carbocycles. The summed E-state index contributed by atoms with van der Waals surface area (Å²) in [6.07, 6.45) is 3.43. The molecule has 6 heteroatoms. The predicted molar refractivity (Wildman–Crippen MR) is 113 cm³/mol. The number of carbonyl (C=O) groups excluding carboxylic acids is 1. The van der Waals surface area contributed by atoms with Crippen LogP contribution in [0.25, 0.3) is 17.1 Å². The van der Waals surface area contributed by atoms with E-state index in [4.69, 9.17) is 0 Å². The van der Waals surface area contributed by atoms with Crippen LogP contribution in [0.3, 0.4) is 0 Å². The highest BCUT2D eigenvalue weighted by molar-refractivity contribution is 7.99. The molecule has 28 heavy (non-hydrogen) atoms. The fourth-order valence-electron chi connectivity index (χ4n) is 3.51. The van der Waals surface area contributed by atoms with Gasteiger partial charge < -0.3 is 4.90 Å². The van der Waals surface area contributed by atoms with Crippen molar-refractivity contribution in [2.45, 2.75) is 31.3 Å². The number of carbonyl (C=O) groups is 1. The Labute approximate surface area is 169 Å². The van der Waals surface area contributed by atoms with Crippen molar-refractivity contribution in [1.29, 1.82) is 0 Å². The van der Waals surface area contributed by atoms with Crippen LogP contribution in [0, 0.1) is 6.92 Å². The van der Waals surface area contributed by atoms with Crippen molar-refractivity contribution in [1.82, 2.24) is 19.7 Å². The summed E-state index contributed by atoms with van der Waals surface area (Å²) in [5.41, 5.74) is 3.19. The Hall–Kier alpha value is -2.60. The molecule has 5 nitrogen and oxygen atoms in total. The van der Waals surface area contributed by atoms with Crippen LogP contribution in [0.5, 0.6) is 0 Å². The van der Waals surface area contributed by atoms with E-state index in [-0.39, 0.29) is 5.91 Å². The van der Waals surface area contributed by atoms with E-state index >= 15 is 0 Å². The van der Waals surface area contributed by atoms with Gasteiger partial charge in [-0.15, -0.1) is 10.2 Å². The zero-order valence-electron chi connectivity index (χ0n) is 16.0. The number of nitrogens with zero attached hydrogens (tertiary/aromatic N) is 4. The number of aryl methyl sites for hydroxylation is 1. The lowest BCUT2D eigenvalue weighted by Gasteiger charge is -2.26. The van der Waals surface area contributed by atoms with E-state index in [9.17, 15) is 4.79 Å². The van der Waals surface area contributed by atoms with Crippen molar-refractivity contribution in [2.75, 3.05) is 18.8 Å². The molecule has 1 fully saturated rings. The highest BCUT2D eigenvalue weighted by atomic mass is 32.2. The molecule has 0 unspecified atom stereocenters. The molecule has 1 aliphatic rings. The van der Waals surface area contributed by atoms with Crippen LogP contribution in [0.4, 0.5) is 0 Å². The summed E-state index contributed by atoms with van der Waals surface area (Å²) in [5.74, 6) is 1.37.